The molecule has 0 spiro atoms. The third kappa shape index (κ3) is 2.42. The van der Waals surface area contributed by atoms with Gasteiger partial charge in [-0.05, 0) is 24.3 Å². The van der Waals surface area contributed by atoms with E-state index in [1.54, 1.807) is 31.4 Å². The topological polar surface area (TPSA) is 73.4 Å². The number of methoxy groups -OCH3 is 2. The smallest absolute Gasteiger partial charge is 0.297 e. The lowest BCUT2D eigenvalue weighted by atomic mass is 10.3. The minimum atomic E-state index is -0.393. The van der Waals surface area contributed by atoms with E-state index in [4.69, 9.17) is 14.2 Å². The molecule has 1 aromatic carbocycles. The normalized spacial score (nSPS) is 9.89. The molecule has 1 heterocycles. The second-order valence-electron chi connectivity index (χ2n) is 3.35. The molecular formula is C12H12N2O4. The summed E-state index contributed by atoms with van der Waals surface area (Å²) in [6.07, 6.45) is 1.25. The van der Waals surface area contributed by atoms with Crippen LogP contribution in [0.2, 0.25) is 0 Å². The summed E-state index contributed by atoms with van der Waals surface area (Å²) in [5, 5.41) is 0. The first-order valence-electron chi connectivity index (χ1n) is 5.18. The van der Waals surface area contributed by atoms with Gasteiger partial charge in [-0.1, -0.05) is 0 Å². The molecule has 0 aliphatic carbocycles. The van der Waals surface area contributed by atoms with Gasteiger partial charge in [-0.3, -0.25) is 4.79 Å². The summed E-state index contributed by atoms with van der Waals surface area (Å²) in [6.45, 7) is 0. The highest BCUT2D eigenvalue weighted by atomic mass is 16.5. The van der Waals surface area contributed by atoms with Crippen LogP contribution in [-0.4, -0.2) is 24.2 Å². The van der Waals surface area contributed by atoms with Gasteiger partial charge in [-0.25, -0.2) is 4.98 Å². The van der Waals surface area contributed by atoms with E-state index in [1.807, 2.05) is 0 Å². The summed E-state index contributed by atoms with van der Waals surface area (Å²) >= 11 is 0. The Bertz CT molecular complexity index is 577. The third-order valence-electron chi connectivity index (χ3n) is 2.26. The Morgan fingerprint density at radius 2 is 1.72 bits per heavy atom. The Balaban J connectivity index is 2.28. The molecule has 0 aliphatic rings. The maximum atomic E-state index is 11.4. The van der Waals surface area contributed by atoms with E-state index in [9.17, 15) is 4.79 Å². The van der Waals surface area contributed by atoms with Crippen molar-refractivity contribution in [2.24, 2.45) is 0 Å². The van der Waals surface area contributed by atoms with Crippen LogP contribution in [-0.2, 0) is 0 Å². The fraction of sp³-hybridized carbons (Fsp3) is 0.167. The van der Waals surface area contributed by atoms with Crippen molar-refractivity contribution in [2.75, 3.05) is 14.2 Å². The Hall–Kier alpha value is -2.50. The van der Waals surface area contributed by atoms with Crippen LogP contribution < -0.4 is 19.8 Å². The summed E-state index contributed by atoms with van der Waals surface area (Å²) in [7, 11) is 2.96. The van der Waals surface area contributed by atoms with Gasteiger partial charge in [0, 0.05) is 0 Å². The van der Waals surface area contributed by atoms with Crippen LogP contribution in [0, 0.1) is 0 Å². The molecule has 18 heavy (non-hydrogen) atoms. The monoisotopic (exact) mass is 248 g/mol. The number of nitrogens with zero attached hydrogens (tertiary/aromatic N) is 1. The Kier molecular flexibility index (Phi) is 3.47. The number of aromatic nitrogens is 2. The zero-order chi connectivity index (χ0) is 13.0. The molecule has 0 saturated heterocycles. The van der Waals surface area contributed by atoms with Crippen LogP contribution in [0.1, 0.15) is 0 Å². The molecule has 0 unspecified atom stereocenters. The Labute approximate surface area is 103 Å². The van der Waals surface area contributed by atoms with Crippen molar-refractivity contribution in [2.45, 2.75) is 0 Å². The number of hydrogen-bond acceptors (Lipinski definition) is 5. The van der Waals surface area contributed by atoms with E-state index >= 15 is 0 Å². The second kappa shape index (κ2) is 5.22. The predicted molar refractivity (Wildman–Crippen MR) is 64.5 cm³/mol. The van der Waals surface area contributed by atoms with Crippen molar-refractivity contribution in [3.05, 3.63) is 40.9 Å². The molecule has 0 aliphatic heterocycles. The summed E-state index contributed by atoms with van der Waals surface area (Å²) in [5.41, 5.74) is -0.393. The van der Waals surface area contributed by atoms with Gasteiger partial charge in [0.15, 0.2) is 0 Å². The number of ether oxygens (including phenoxy) is 3. The van der Waals surface area contributed by atoms with Gasteiger partial charge in [0.05, 0.1) is 20.5 Å². The quantitative estimate of drug-likeness (QED) is 0.889. The van der Waals surface area contributed by atoms with Crippen LogP contribution >= 0.6 is 0 Å². The average molecular weight is 248 g/mol. The molecule has 0 amide bonds. The van der Waals surface area contributed by atoms with Crippen LogP contribution in [0.5, 0.6) is 23.1 Å². The van der Waals surface area contributed by atoms with Crippen LogP contribution in [0.15, 0.2) is 35.4 Å². The lowest BCUT2D eigenvalue weighted by Crippen LogP contribution is -2.10. The first-order valence-corrected chi connectivity index (χ1v) is 5.18. The maximum Gasteiger partial charge on any atom is 0.297 e. The van der Waals surface area contributed by atoms with Gasteiger partial charge >= 0.3 is 0 Å². The molecular weight excluding hydrogens is 236 g/mol. The zero-order valence-electron chi connectivity index (χ0n) is 9.97. The molecule has 2 aromatic rings. The van der Waals surface area contributed by atoms with E-state index in [0.717, 1.165) is 0 Å². The van der Waals surface area contributed by atoms with Crippen molar-refractivity contribution in [3.8, 4) is 23.1 Å². The van der Waals surface area contributed by atoms with Crippen LogP contribution in [0.3, 0.4) is 0 Å². The fourth-order valence-corrected chi connectivity index (χ4v) is 1.38. The van der Waals surface area contributed by atoms with Gasteiger partial charge in [0.1, 0.15) is 11.5 Å². The molecule has 0 radical (unpaired) electrons. The molecule has 2 rings (SSSR count). The minimum Gasteiger partial charge on any atom is -0.497 e. The highest BCUT2D eigenvalue weighted by molar-refractivity contribution is 5.37. The standard InChI is InChI=1S/C12H12N2O4/c1-16-8-3-5-9(6-4-8)18-12-10(17-2)11(15)13-7-14-12/h3-7H,1-2H3,(H,13,14,15). The fourth-order valence-electron chi connectivity index (χ4n) is 1.38. The molecule has 0 fully saturated rings. The first kappa shape index (κ1) is 12.0. The number of H-pyrrole nitrogens is 1. The van der Waals surface area contributed by atoms with E-state index < -0.39 is 5.56 Å². The molecule has 0 saturated carbocycles. The van der Waals surface area contributed by atoms with Gasteiger partial charge < -0.3 is 19.2 Å². The molecule has 6 heteroatoms. The summed E-state index contributed by atoms with van der Waals surface area (Å²) < 4.78 is 15.4. The Morgan fingerprint density at radius 1 is 1.06 bits per heavy atom. The summed E-state index contributed by atoms with van der Waals surface area (Å²) in [4.78, 5) is 17.8. The highest BCUT2D eigenvalue weighted by Gasteiger charge is 2.11. The molecule has 94 valence electrons. The van der Waals surface area contributed by atoms with Gasteiger partial charge in [0.25, 0.3) is 11.4 Å². The highest BCUT2D eigenvalue weighted by Crippen LogP contribution is 2.26. The number of hydrogen-bond donors (Lipinski definition) is 1. The third-order valence-corrected chi connectivity index (χ3v) is 2.26. The van der Waals surface area contributed by atoms with E-state index in [-0.39, 0.29) is 11.6 Å². The Morgan fingerprint density at radius 3 is 2.33 bits per heavy atom. The van der Waals surface area contributed by atoms with Crippen molar-refractivity contribution < 1.29 is 14.2 Å². The lowest BCUT2D eigenvalue weighted by molar-refractivity contribution is 0.362. The van der Waals surface area contributed by atoms with Gasteiger partial charge in [0.2, 0.25) is 5.75 Å². The molecule has 6 nitrogen and oxygen atoms in total. The maximum absolute atomic E-state index is 11.4. The van der Waals surface area contributed by atoms with E-state index in [1.165, 1.54) is 13.4 Å². The van der Waals surface area contributed by atoms with Crippen molar-refractivity contribution in [1.82, 2.24) is 9.97 Å². The summed E-state index contributed by atoms with van der Waals surface area (Å²) in [5.74, 6) is 1.40. The zero-order valence-corrected chi connectivity index (χ0v) is 9.97. The summed E-state index contributed by atoms with van der Waals surface area (Å²) in [6, 6.07) is 6.91. The van der Waals surface area contributed by atoms with Crippen molar-refractivity contribution in [3.63, 3.8) is 0 Å². The van der Waals surface area contributed by atoms with Crippen molar-refractivity contribution >= 4 is 0 Å². The van der Waals surface area contributed by atoms with Crippen LogP contribution in [0.4, 0.5) is 0 Å². The molecule has 0 bridgehead atoms. The van der Waals surface area contributed by atoms with E-state index in [0.29, 0.717) is 11.5 Å². The SMILES string of the molecule is COc1ccc(Oc2nc[nH]c(=O)c2OC)cc1. The minimum absolute atomic E-state index is 0.0355. The number of rotatable bonds is 4. The van der Waals surface area contributed by atoms with E-state index in [2.05, 4.69) is 9.97 Å². The molecule has 1 aromatic heterocycles. The average Bonchev–Trinajstić information content (AvgIpc) is 2.40. The number of aromatic amines is 1. The lowest BCUT2D eigenvalue weighted by Gasteiger charge is -2.08. The van der Waals surface area contributed by atoms with Crippen molar-refractivity contribution in [1.29, 1.82) is 0 Å². The second-order valence-corrected chi connectivity index (χ2v) is 3.35. The predicted octanol–water partition coefficient (Wildman–Crippen LogP) is 1.58. The van der Waals surface area contributed by atoms with Gasteiger partial charge in [-0.15, -0.1) is 0 Å². The van der Waals surface area contributed by atoms with Crippen LogP contribution in [0.25, 0.3) is 0 Å². The van der Waals surface area contributed by atoms with Gasteiger partial charge in [-0.2, -0.15) is 0 Å². The molecule has 1 N–H and O–H groups in total. The molecule has 0 atom stereocenters. The number of nitrogens with one attached hydrogen (secondary N) is 1. The largest absolute Gasteiger partial charge is 0.497 e. The first-order chi connectivity index (χ1) is 8.74. The number of benzene rings is 1.